The third kappa shape index (κ3) is 4.44. The third-order valence-corrected chi connectivity index (χ3v) is 5.40. The van der Waals surface area contributed by atoms with Gasteiger partial charge in [-0.15, -0.1) is 10.2 Å². The molecule has 0 bridgehead atoms. The van der Waals surface area contributed by atoms with Crippen LogP contribution in [0.4, 0.5) is 4.39 Å². The lowest BCUT2D eigenvalue weighted by Gasteiger charge is -2.09. The Balaban J connectivity index is 1.61. The van der Waals surface area contributed by atoms with E-state index in [2.05, 4.69) is 10.2 Å². The molecule has 2 aromatic heterocycles. The summed E-state index contributed by atoms with van der Waals surface area (Å²) in [5.41, 5.74) is 1.29. The lowest BCUT2D eigenvalue weighted by Crippen LogP contribution is -2.07. The number of ketones is 1. The molecule has 0 radical (unpaired) electrons. The van der Waals surface area contributed by atoms with Crippen molar-refractivity contribution >= 4 is 17.5 Å². The van der Waals surface area contributed by atoms with Crippen molar-refractivity contribution in [2.75, 3.05) is 12.9 Å². The SMILES string of the molecule is COc1cccc(-c2nnc(SCC(=O)c3ccc(F)cc3)n2Cc2ccco2)c1. The van der Waals surface area contributed by atoms with Crippen molar-refractivity contribution in [2.45, 2.75) is 11.7 Å². The van der Waals surface area contributed by atoms with E-state index >= 15 is 0 Å². The molecule has 8 heteroatoms. The number of carbonyl (C=O) groups excluding carboxylic acids is 1. The summed E-state index contributed by atoms with van der Waals surface area (Å²) < 4.78 is 25.8. The van der Waals surface area contributed by atoms with Crippen LogP contribution in [0.15, 0.2) is 76.5 Å². The minimum absolute atomic E-state index is 0.115. The van der Waals surface area contributed by atoms with E-state index in [9.17, 15) is 9.18 Å². The van der Waals surface area contributed by atoms with Crippen LogP contribution >= 0.6 is 11.8 Å². The number of benzene rings is 2. The van der Waals surface area contributed by atoms with Crippen LogP contribution < -0.4 is 4.74 Å². The molecule has 0 atom stereocenters. The van der Waals surface area contributed by atoms with E-state index in [1.54, 1.807) is 13.4 Å². The second-order valence-electron chi connectivity index (χ2n) is 6.42. The number of aromatic nitrogens is 3. The molecule has 4 aromatic rings. The normalized spacial score (nSPS) is 10.9. The zero-order chi connectivity index (χ0) is 20.9. The van der Waals surface area contributed by atoms with Crippen molar-refractivity contribution in [1.29, 1.82) is 0 Å². The Morgan fingerprint density at radius 1 is 1.13 bits per heavy atom. The molecule has 2 heterocycles. The lowest BCUT2D eigenvalue weighted by molar-refractivity contribution is 0.102. The first kappa shape index (κ1) is 19.9. The molecular formula is C22H18FN3O3S. The minimum atomic E-state index is -0.375. The number of ether oxygens (including phenoxy) is 1. The molecule has 0 aliphatic carbocycles. The van der Waals surface area contributed by atoms with Gasteiger partial charge in [0.05, 0.1) is 25.7 Å². The minimum Gasteiger partial charge on any atom is -0.497 e. The topological polar surface area (TPSA) is 70.2 Å². The van der Waals surface area contributed by atoms with Crippen molar-refractivity contribution in [3.8, 4) is 17.1 Å². The van der Waals surface area contributed by atoms with Crippen LogP contribution in [0.3, 0.4) is 0 Å². The van der Waals surface area contributed by atoms with Gasteiger partial charge in [0.25, 0.3) is 0 Å². The van der Waals surface area contributed by atoms with E-state index in [1.165, 1.54) is 36.0 Å². The molecule has 0 saturated heterocycles. The van der Waals surface area contributed by atoms with Gasteiger partial charge >= 0.3 is 0 Å². The fourth-order valence-corrected chi connectivity index (χ4v) is 3.75. The Labute approximate surface area is 176 Å². The summed E-state index contributed by atoms with van der Waals surface area (Å²) in [5.74, 6) is 1.75. The highest BCUT2D eigenvalue weighted by Gasteiger charge is 2.18. The molecule has 4 rings (SSSR count). The average molecular weight is 423 g/mol. The van der Waals surface area contributed by atoms with E-state index in [-0.39, 0.29) is 17.4 Å². The summed E-state index contributed by atoms with van der Waals surface area (Å²) in [7, 11) is 1.61. The molecule has 0 N–H and O–H groups in total. The number of thioether (sulfide) groups is 1. The molecule has 0 aliphatic heterocycles. The number of hydrogen-bond acceptors (Lipinski definition) is 6. The summed E-state index contributed by atoms with van der Waals surface area (Å²) in [4.78, 5) is 12.5. The van der Waals surface area contributed by atoms with Crippen LogP contribution in [0.1, 0.15) is 16.1 Å². The molecule has 0 aliphatic rings. The van der Waals surface area contributed by atoms with E-state index in [0.717, 1.165) is 11.3 Å². The number of hydrogen-bond donors (Lipinski definition) is 0. The van der Waals surface area contributed by atoms with E-state index < -0.39 is 0 Å². The Morgan fingerprint density at radius 2 is 1.97 bits per heavy atom. The van der Waals surface area contributed by atoms with E-state index in [4.69, 9.17) is 9.15 Å². The quantitative estimate of drug-likeness (QED) is 0.302. The number of Topliss-reactive ketones (excluding diaryl/α,β-unsaturated/α-hetero) is 1. The number of rotatable bonds is 8. The number of carbonyl (C=O) groups is 1. The molecule has 2 aromatic carbocycles. The lowest BCUT2D eigenvalue weighted by atomic mass is 10.1. The van der Waals surface area contributed by atoms with Crippen molar-refractivity contribution in [1.82, 2.24) is 14.8 Å². The Hall–Kier alpha value is -3.39. The van der Waals surface area contributed by atoms with Crippen LogP contribution in [0.2, 0.25) is 0 Å². The molecule has 30 heavy (non-hydrogen) atoms. The van der Waals surface area contributed by atoms with Crippen molar-refractivity contribution in [3.63, 3.8) is 0 Å². The molecule has 0 saturated carbocycles. The summed E-state index contributed by atoms with van der Waals surface area (Å²) in [5, 5.41) is 9.21. The standard InChI is InChI=1S/C22H18FN3O3S/c1-28-18-5-2-4-16(12-18)21-24-25-22(26(21)13-19-6-3-11-29-19)30-14-20(27)15-7-9-17(23)10-8-15/h2-12H,13-14H2,1H3. The van der Waals surface area contributed by atoms with Crippen molar-refractivity contribution < 1.29 is 18.3 Å². The maximum atomic E-state index is 13.1. The molecule has 0 unspecified atom stereocenters. The van der Waals surface area contributed by atoms with Gasteiger partial charge in [-0.2, -0.15) is 0 Å². The molecule has 0 fully saturated rings. The van der Waals surface area contributed by atoms with Crippen LogP contribution in [0, 0.1) is 5.82 Å². The van der Waals surface area contributed by atoms with Gasteiger partial charge < -0.3 is 9.15 Å². The maximum absolute atomic E-state index is 13.1. The fourth-order valence-electron chi connectivity index (χ4n) is 2.92. The molecule has 0 amide bonds. The Morgan fingerprint density at radius 3 is 2.70 bits per heavy atom. The van der Waals surface area contributed by atoms with Gasteiger partial charge in [-0.3, -0.25) is 9.36 Å². The van der Waals surface area contributed by atoms with E-state index in [1.807, 2.05) is 41.0 Å². The second kappa shape index (κ2) is 8.96. The molecule has 6 nitrogen and oxygen atoms in total. The first-order chi connectivity index (χ1) is 14.6. The van der Waals surface area contributed by atoms with Crippen LogP contribution in [0.5, 0.6) is 5.75 Å². The highest BCUT2D eigenvalue weighted by atomic mass is 32.2. The number of halogens is 1. The monoisotopic (exact) mass is 423 g/mol. The second-order valence-corrected chi connectivity index (χ2v) is 7.36. The first-order valence-corrected chi connectivity index (χ1v) is 10.1. The Bertz CT molecular complexity index is 1140. The van der Waals surface area contributed by atoms with Crippen LogP contribution in [-0.4, -0.2) is 33.4 Å². The maximum Gasteiger partial charge on any atom is 0.192 e. The Kier molecular flexibility index (Phi) is 5.94. The third-order valence-electron chi connectivity index (χ3n) is 4.44. The highest BCUT2D eigenvalue weighted by molar-refractivity contribution is 7.99. The number of nitrogens with zero attached hydrogens (tertiary/aromatic N) is 3. The average Bonchev–Trinajstić information content (AvgIpc) is 3.43. The van der Waals surface area contributed by atoms with Crippen molar-refractivity contribution in [3.05, 3.63) is 84.1 Å². The van der Waals surface area contributed by atoms with Gasteiger partial charge in [-0.05, 0) is 48.5 Å². The number of furan rings is 1. The largest absolute Gasteiger partial charge is 0.497 e. The van der Waals surface area contributed by atoms with Gasteiger partial charge in [0.1, 0.15) is 17.3 Å². The highest BCUT2D eigenvalue weighted by Crippen LogP contribution is 2.28. The van der Waals surface area contributed by atoms with Crippen molar-refractivity contribution in [2.24, 2.45) is 0 Å². The predicted octanol–water partition coefficient (Wildman–Crippen LogP) is 4.71. The fraction of sp³-hybridized carbons (Fsp3) is 0.136. The first-order valence-electron chi connectivity index (χ1n) is 9.15. The smallest absolute Gasteiger partial charge is 0.192 e. The molecular weight excluding hydrogens is 405 g/mol. The predicted molar refractivity (Wildman–Crippen MR) is 111 cm³/mol. The summed E-state index contributed by atoms with van der Waals surface area (Å²) in [6, 6.07) is 16.7. The van der Waals surface area contributed by atoms with Gasteiger partial charge in [0.2, 0.25) is 0 Å². The summed E-state index contributed by atoms with van der Waals surface area (Å²) in [6.45, 7) is 0.416. The zero-order valence-electron chi connectivity index (χ0n) is 16.1. The van der Waals surface area contributed by atoms with Crippen LogP contribution in [-0.2, 0) is 6.54 Å². The molecule has 0 spiro atoms. The van der Waals surface area contributed by atoms with E-state index in [0.29, 0.717) is 28.8 Å². The van der Waals surface area contributed by atoms with Gasteiger partial charge in [-0.1, -0.05) is 23.9 Å². The summed E-state index contributed by atoms with van der Waals surface area (Å²) >= 11 is 1.27. The van der Waals surface area contributed by atoms with Gasteiger partial charge in [0.15, 0.2) is 16.8 Å². The molecule has 152 valence electrons. The van der Waals surface area contributed by atoms with Gasteiger partial charge in [-0.25, -0.2) is 4.39 Å². The summed E-state index contributed by atoms with van der Waals surface area (Å²) in [6.07, 6.45) is 1.61. The van der Waals surface area contributed by atoms with Gasteiger partial charge in [0, 0.05) is 11.1 Å². The zero-order valence-corrected chi connectivity index (χ0v) is 16.9. The number of methoxy groups -OCH3 is 1. The van der Waals surface area contributed by atoms with Crippen LogP contribution in [0.25, 0.3) is 11.4 Å².